The molecule has 1 aliphatic rings. The van der Waals surface area contributed by atoms with Crippen molar-refractivity contribution in [3.63, 3.8) is 0 Å². The number of likely N-dealkylation sites (N-methyl/N-ethyl adjacent to an activating group) is 1. The quantitative estimate of drug-likeness (QED) is 0.805. The van der Waals surface area contributed by atoms with Gasteiger partial charge in [-0.3, -0.25) is 14.5 Å². The molecule has 6 nitrogen and oxygen atoms in total. The maximum atomic E-state index is 12.9. The lowest BCUT2D eigenvalue weighted by Gasteiger charge is -2.23. The van der Waals surface area contributed by atoms with E-state index in [1.807, 2.05) is 50.9 Å². The minimum atomic E-state index is -0.336. The number of rotatable bonds is 6. The number of ether oxygens (including phenoxy) is 2. The normalized spacial score (nSPS) is 13.9. The summed E-state index contributed by atoms with van der Waals surface area (Å²) < 4.78 is 10.7. The number of aromatic amines is 1. The molecule has 0 saturated carbocycles. The average Bonchev–Trinajstić information content (AvgIpc) is 3.16. The Kier molecular flexibility index (Phi) is 4.87. The van der Waals surface area contributed by atoms with Crippen LogP contribution in [0.25, 0.3) is 0 Å². The molecule has 6 heteroatoms. The summed E-state index contributed by atoms with van der Waals surface area (Å²) in [5.41, 5.74) is 3.63. The third-order valence-corrected chi connectivity index (χ3v) is 4.95. The minimum absolute atomic E-state index is 0.0265. The van der Waals surface area contributed by atoms with Crippen LogP contribution in [-0.4, -0.2) is 41.3 Å². The summed E-state index contributed by atoms with van der Waals surface area (Å²) in [6.07, 6.45) is 0. The fourth-order valence-electron chi connectivity index (χ4n) is 3.40. The lowest BCUT2D eigenvalue weighted by atomic mass is 10.0. The van der Waals surface area contributed by atoms with Crippen molar-refractivity contribution in [2.24, 2.45) is 0 Å². The lowest BCUT2D eigenvalue weighted by molar-refractivity contribution is 0.0856. The Morgan fingerprint density at radius 3 is 2.58 bits per heavy atom. The van der Waals surface area contributed by atoms with Crippen LogP contribution in [-0.2, 0) is 6.54 Å². The second-order valence-corrected chi connectivity index (χ2v) is 6.82. The van der Waals surface area contributed by atoms with Gasteiger partial charge >= 0.3 is 0 Å². The summed E-state index contributed by atoms with van der Waals surface area (Å²) in [4.78, 5) is 29.8. The molecule has 138 valence electrons. The van der Waals surface area contributed by atoms with E-state index in [1.54, 1.807) is 0 Å². The van der Waals surface area contributed by atoms with Crippen molar-refractivity contribution in [2.45, 2.75) is 40.3 Å². The molecule has 0 bridgehead atoms. The molecule has 0 radical (unpaired) electrons. The van der Waals surface area contributed by atoms with Crippen molar-refractivity contribution < 1.29 is 19.1 Å². The first-order chi connectivity index (χ1) is 12.3. The van der Waals surface area contributed by atoms with E-state index in [4.69, 9.17) is 9.47 Å². The van der Waals surface area contributed by atoms with Gasteiger partial charge in [0, 0.05) is 17.8 Å². The number of H-pyrrole nitrogens is 1. The summed E-state index contributed by atoms with van der Waals surface area (Å²) >= 11 is 0. The monoisotopic (exact) mass is 356 g/mol. The molecule has 1 aliphatic heterocycles. The molecule has 26 heavy (non-hydrogen) atoms. The Morgan fingerprint density at radius 1 is 1.23 bits per heavy atom. The second kappa shape index (κ2) is 6.96. The lowest BCUT2D eigenvalue weighted by Crippen LogP contribution is -2.36. The van der Waals surface area contributed by atoms with Gasteiger partial charge < -0.3 is 14.5 Å². The maximum Gasteiger partial charge on any atom is 0.231 e. The van der Waals surface area contributed by atoms with Gasteiger partial charge in [0.1, 0.15) is 0 Å². The van der Waals surface area contributed by atoms with Crippen LogP contribution in [0.1, 0.15) is 51.5 Å². The first-order valence-corrected chi connectivity index (χ1v) is 8.62. The highest BCUT2D eigenvalue weighted by Crippen LogP contribution is 2.33. The number of nitrogens with zero attached hydrogens (tertiary/aromatic N) is 1. The van der Waals surface area contributed by atoms with Gasteiger partial charge in [-0.2, -0.15) is 0 Å². The molecule has 1 aromatic heterocycles. The zero-order chi connectivity index (χ0) is 19.0. The number of aromatic nitrogens is 1. The van der Waals surface area contributed by atoms with Crippen molar-refractivity contribution in [3.05, 3.63) is 46.3 Å². The van der Waals surface area contributed by atoms with Gasteiger partial charge in [-0.25, -0.2) is 0 Å². The van der Waals surface area contributed by atoms with Gasteiger partial charge in [0.15, 0.2) is 23.1 Å². The number of hydrogen-bond acceptors (Lipinski definition) is 5. The van der Waals surface area contributed by atoms with Gasteiger partial charge in [-0.05, 0) is 58.0 Å². The zero-order valence-corrected chi connectivity index (χ0v) is 15.8. The first-order valence-electron chi connectivity index (χ1n) is 8.62. The minimum Gasteiger partial charge on any atom is -0.454 e. The molecule has 2 aromatic rings. The number of carbonyl (C=O) groups is 2. The van der Waals surface area contributed by atoms with Gasteiger partial charge in [-0.15, -0.1) is 0 Å². The summed E-state index contributed by atoms with van der Waals surface area (Å²) in [5, 5.41) is 0. The highest BCUT2D eigenvalue weighted by Gasteiger charge is 2.26. The molecule has 3 rings (SSSR count). The second-order valence-electron chi connectivity index (χ2n) is 6.82. The van der Waals surface area contributed by atoms with E-state index < -0.39 is 0 Å². The largest absolute Gasteiger partial charge is 0.454 e. The Morgan fingerprint density at radius 2 is 1.92 bits per heavy atom. The van der Waals surface area contributed by atoms with E-state index in [-0.39, 0.29) is 24.4 Å². The standard InChI is InChI=1S/C20H24N2O4/c1-11-18(14(4)23)12(2)21-19(11)20(24)13(3)22(5)9-15-6-7-16-17(8-15)26-10-25-16/h6-8,13,21H,9-10H2,1-5H3. The van der Waals surface area contributed by atoms with Crippen LogP contribution in [0, 0.1) is 13.8 Å². The van der Waals surface area contributed by atoms with E-state index >= 15 is 0 Å². The number of nitrogens with one attached hydrogen (secondary N) is 1. The number of ketones is 2. The molecule has 1 N–H and O–H groups in total. The predicted octanol–water partition coefficient (Wildman–Crippen LogP) is 3.27. The van der Waals surface area contributed by atoms with Crippen LogP contribution in [0.2, 0.25) is 0 Å². The van der Waals surface area contributed by atoms with Crippen molar-refractivity contribution in [2.75, 3.05) is 13.8 Å². The van der Waals surface area contributed by atoms with Crippen molar-refractivity contribution >= 4 is 11.6 Å². The number of aryl methyl sites for hydroxylation is 1. The van der Waals surface area contributed by atoms with Gasteiger partial charge in [0.25, 0.3) is 0 Å². The molecule has 1 aromatic carbocycles. The highest BCUT2D eigenvalue weighted by molar-refractivity contribution is 6.05. The van der Waals surface area contributed by atoms with Gasteiger partial charge in [-0.1, -0.05) is 6.07 Å². The summed E-state index contributed by atoms with van der Waals surface area (Å²) in [5.74, 6) is 1.42. The Balaban J connectivity index is 1.76. The maximum absolute atomic E-state index is 12.9. The first kappa shape index (κ1) is 18.2. The molecule has 0 spiro atoms. The predicted molar refractivity (Wildman–Crippen MR) is 98.1 cm³/mol. The molecule has 1 atom stereocenters. The van der Waals surface area contributed by atoms with Crippen LogP contribution in [0.5, 0.6) is 11.5 Å². The number of hydrogen-bond donors (Lipinski definition) is 1. The number of benzene rings is 1. The summed E-state index contributed by atoms with van der Waals surface area (Å²) in [6, 6.07) is 5.46. The van der Waals surface area contributed by atoms with Gasteiger partial charge in [0.05, 0.1) is 11.7 Å². The van der Waals surface area contributed by atoms with Crippen LogP contribution < -0.4 is 9.47 Å². The zero-order valence-electron chi connectivity index (χ0n) is 15.8. The van der Waals surface area contributed by atoms with E-state index in [1.165, 1.54) is 6.92 Å². The van der Waals surface area contributed by atoms with E-state index in [2.05, 4.69) is 4.98 Å². The molecular formula is C20H24N2O4. The Hall–Kier alpha value is -2.60. The van der Waals surface area contributed by atoms with Crippen LogP contribution in [0.3, 0.4) is 0 Å². The molecule has 0 fully saturated rings. The molecule has 1 unspecified atom stereocenters. The van der Waals surface area contributed by atoms with E-state index in [0.717, 1.165) is 28.3 Å². The molecule has 0 amide bonds. The molecule has 0 saturated heterocycles. The average molecular weight is 356 g/mol. The Labute approximate surface area is 153 Å². The summed E-state index contributed by atoms with van der Waals surface area (Å²) in [7, 11) is 1.91. The molecule has 0 aliphatic carbocycles. The topological polar surface area (TPSA) is 71.6 Å². The van der Waals surface area contributed by atoms with E-state index in [9.17, 15) is 9.59 Å². The molecular weight excluding hydrogens is 332 g/mol. The number of Topliss-reactive ketones (excluding diaryl/α,β-unsaturated/α-hetero) is 2. The number of fused-ring (bicyclic) bond motifs is 1. The SMILES string of the molecule is CC(=O)c1c(C)[nH]c(C(=O)C(C)N(C)Cc2ccc3c(c2)OCO3)c1C. The van der Waals surface area contributed by atoms with Crippen LogP contribution >= 0.6 is 0 Å². The molecule has 2 heterocycles. The Bertz CT molecular complexity index is 869. The third-order valence-electron chi connectivity index (χ3n) is 4.95. The van der Waals surface area contributed by atoms with Crippen LogP contribution in [0.15, 0.2) is 18.2 Å². The van der Waals surface area contributed by atoms with E-state index in [0.29, 0.717) is 17.8 Å². The number of carbonyl (C=O) groups excluding carboxylic acids is 2. The fourth-order valence-corrected chi connectivity index (χ4v) is 3.40. The smallest absolute Gasteiger partial charge is 0.231 e. The van der Waals surface area contributed by atoms with Crippen LogP contribution in [0.4, 0.5) is 0 Å². The van der Waals surface area contributed by atoms with Crippen molar-refractivity contribution in [1.82, 2.24) is 9.88 Å². The van der Waals surface area contributed by atoms with Gasteiger partial charge in [0.2, 0.25) is 6.79 Å². The fraction of sp³-hybridized carbons (Fsp3) is 0.400. The third kappa shape index (κ3) is 3.24. The van der Waals surface area contributed by atoms with Crippen molar-refractivity contribution in [1.29, 1.82) is 0 Å². The summed E-state index contributed by atoms with van der Waals surface area (Å²) in [6.45, 7) is 7.87. The highest BCUT2D eigenvalue weighted by atomic mass is 16.7. The van der Waals surface area contributed by atoms with Crippen molar-refractivity contribution in [3.8, 4) is 11.5 Å².